The van der Waals surface area contributed by atoms with E-state index in [4.69, 9.17) is 4.74 Å². The Morgan fingerprint density at radius 1 is 0.971 bits per heavy atom. The van der Waals surface area contributed by atoms with Crippen LogP contribution in [0.3, 0.4) is 0 Å². The predicted octanol–water partition coefficient (Wildman–Crippen LogP) is 1.87. The minimum absolute atomic E-state index is 0.0249. The highest BCUT2D eigenvalue weighted by atomic mass is 19.1. The number of amides is 3. The number of carbonyl (C=O) groups is 4. The van der Waals surface area contributed by atoms with Gasteiger partial charge in [0.2, 0.25) is 17.7 Å². The Kier molecular flexibility index (Phi) is 9.01. The third-order valence-corrected chi connectivity index (χ3v) is 6.61. The lowest BCUT2D eigenvalue weighted by molar-refractivity contribution is -0.151. The van der Waals surface area contributed by atoms with Crippen LogP contribution in [0.15, 0.2) is 24.3 Å². The number of piperidine rings is 2. The molecule has 2 aliphatic rings. The molecule has 3 amide bonds. The van der Waals surface area contributed by atoms with E-state index < -0.39 is 0 Å². The molecule has 0 radical (unpaired) electrons. The average Bonchev–Trinajstić information content (AvgIpc) is 2.85. The van der Waals surface area contributed by atoms with E-state index in [1.165, 1.54) is 17.0 Å². The number of likely N-dealkylation sites (tertiary alicyclic amines) is 2. The Hall–Kier alpha value is -2.97. The summed E-state index contributed by atoms with van der Waals surface area (Å²) in [6.45, 7) is 3.95. The van der Waals surface area contributed by atoms with E-state index in [9.17, 15) is 23.6 Å². The highest BCUT2D eigenvalue weighted by Crippen LogP contribution is 2.21. The van der Waals surface area contributed by atoms with Gasteiger partial charge in [0, 0.05) is 33.2 Å². The first-order chi connectivity index (χ1) is 16.3. The molecule has 9 heteroatoms. The first-order valence-electron chi connectivity index (χ1n) is 12.0. The van der Waals surface area contributed by atoms with Crippen LogP contribution in [0, 0.1) is 17.7 Å². The largest absolute Gasteiger partial charge is 0.466 e. The van der Waals surface area contributed by atoms with Gasteiger partial charge in [0.05, 0.1) is 31.4 Å². The van der Waals surface area contributed by atoms with E-state index in [-0.39, 0.29) is 54.3 Å². The molecule has 0 aliphatic carbocycles. The lowest BCUT2D eigenvalue weighted by atomic mass is 9.95. The molecule has 0 bridgehead atoms. The molecule has 34 heavy (non-hydrogen) atoms. The van der Waals surface area contributed by atoms with Crippen molar-refractivity contribution in [3.63, 3.8) is 0 Å². The first kappa shape index (κ1) is 25.6. The van der Waals surface area contributed by atoms with Crippen molar-refractivity contribution >= 4 is 23.7 Å². The standard InChI is InChI=1S/C25H34FN3O5/c1-3-34-25(33)19-10-13-28(14-11-19)23(31)17-27(2)24(32)20-5-4-12-29(16-20)22(30)15-18-6-8-21(26)9-7-18/h6-9,19-20H,3-5,10-17H2,1-2H3. The number of esters is 1. The Balaban J connectivity index is 1.47. The van der Waals surface area contributed by atoms with Gasteiger partial charge in [-0.15, -0.1) is 0 Å². The summed E-state index contributed by atoms with van der Waals surface area (Å²) in [5.74, 6) is -1.46. The second-order valence-corrected chi connectivity index (χ2v) is 9.08. The summed E-state index contributed by atoms with van der Waals surface area (Å²) >= 11 is 0. The normalized spacial score (nSPS) is 19.0. The molecule has 0 saturated carbocycles. The molecule has 0 N–H and O–H groups in total. The molecule has 8 nitrogen and oxygen atoms in total. The fraction of sp³-hybridized carbons (Fsp3) is 0.600. The van der Waals surface area contributed by atoms with Crippen LogP contribution >= 0.6 is 0 Å². The van der Waals surface area contributed by atoms with Crippen molar-refractivity contribution in [1.29, 1.82) is 0 Å². The van der Waals surface area contributed by atoms with Gasteiger partial charge in [0.1, 0.15) is 5.82 Å². The number of nitrogens with zero attached hydrogens (tertiary/aromatic N) is 3. The maximum absolute atomic E-state index is 13.1. The summed E-state index contributed by atoms with van der Waals surface area (Å²) in [6.07, 6.45) is 2.68. The number of carbonyl (C=O) groups excluding carboxylic acids is 4. The molecule has 2 saturated heterocycles. The Morgan fingerprint density at radius 3 is 2.29 bits per heavy atom. The minimum Gasteiger partial charge on any atom is -0.466 e. The maximum Gasteiger partial charge on any atom is 0.309 e. The molecule has 0 aromatic heterocycles. The third-order valence-electron chi connectivity index (χ3n) is 6.61. The Bertz CT molecular complexity index is 883. The van der Waals surface area contributed by atoms with E-state index >= 15 is 0 Å². The summed E-state index contributed by atoms with van der Waals surface area (Å²) in [7, 11) is 1.62. The van der Waals surface area contributed by atoms with Crippen LogP contribution in [-0.4, -0.2) is 84.8 Å². The lowest BCUT2D eigenvalue weighted by Crippen LogP contribution is -2.49. The average molecular weight is 476 g/mol. The zero-order valence-corrected chi connectivity index (χ0v) is 20.0. The molecule has 1 aromatic carbocycles. The van der Waals surface area contributed by atoms with Crippen LogP contribution in [0.4, 0.5) is 4.39 Å². The number of likely N-dealkylation sites (N-methyl/N-ethyl adjacent to an activating group) is 1. The second-order valence-electron chi connectivity index (χ2n) is 9.08. The van der Waals surface area contributed by atoms with Crippen LogP contribution in [0.2, 0.25) is 0 Å². The second kappa shape index (κ2) is 11.9. The van der Waals surface area contributed by atoms with Crippen molar-refractivity contribution in [1.82, 2.24) is 14.7 Å². The monoisotopic (exact) mass is 475 g/mol. The fourth-order valence-corrected chi connectivity index (χ4v) is 4.61. The zero-order valence-electron chi connectivity index (χ0n) is 20.0. The molecule has 1 atom stereocenters. The molecule has 2 fully saturated rings. The summed E-state index contributed by atoms with van der Waals surface area (Å²) in [4.78, 5) is 55.1. The fourth-order valence-electron chi connectivity index (χ4n) is 4.61. The van der Waals surface area contributed by atoms with Crippen molar-refractivity contribution in [2.24, 2.45) is 11.8 Å². The molecular formula is C25H34FN3O5. The van der Waals surface area contributed by atoms with E-state index in [2.05, 4.69) is 0 Å². The van der Waals surface area contributed by atoms with Gasteiger partial charge in [0.25, 0.3) is 0 Å². The lowest BCUT2D eigenvalue weighted by Gasteiger charge is -2.35. The molecule has 2 heterocycles. The molecule has 2 aliphatic heterocycles. The van der Waals surface area contributed by atoms with Gasteiger partial charge in [-0.05, 0) is 50.3 Å². The maximum atomic E-state index is 13.1. The van der Waals surface area contributed by atoms with Crippen molar-refractivity contribution in [3.8, 4) is 0 Å². The van der Waals surface area contributed by atoms with Gasteiger partial charge < -0.3 is 19.4 Å². The zero-order chi connectivity index (χ0) is 24.7. The smallest absolute Gasteiger partial charge is 0.309 e. The van der Waals surface area contributed by atoms with E-state index in [0.29, 0.717) is 58.5 Å². The van der Waals surface area contributed by atoms with Gasteiger partial charge in [-0.25, -0.2) is 4.39 Å². The van der Waals surface area contributed by atoms with Crippen LogP contribution in [-0.2, 0) is 30.3 Å². The molecule has 186 valence electrons. The van der Waals surface area contributed by atoms with Gasteiger partial charge in [-0.2, -0.15) is 0 Å². The van der Waals surface area contributed by atoms with Crippen LogP contribution in [0.5, 0.6) is 0 Å². The quantitative estimate of drug-likeness (QED) is 0.562. The summed E-state index contributed by atoms with van der Waals surface area (Å²) < 4.78 is 18.2. The molecule has 1 aromatic rings. The van der Waals surface area contributed by atoms with Crippen LogP contribution < -0.4 is 0 Å². The molecule has 3 rings (SSSR count). The molecule has 0 spiro atoms. The number of halogens is 1. The van der Waals surface area contributed by atoms with Crippen molar-refractivity contribution < 1.29 is 28.3 Å². The SMILES string of the molecule is CCOC(=O)C1CCN(C(=O)CN(C)C(=O)C2CCCN(C(=O)Cc3ccc(F)cc3)C2)CC1. The topological polar surface area (TPSA) is 87.2 Å². The van der Waals surface area contributed by atoms with E-state index in [1.54, 1.807) is 35.9 Å². The van der Waals surface area contributed by atoms with Crippen molar-refractivity contribution in [2.45, 2.75) is 39.0 Å². The van der Waals surface area contributed by atoms with Crippen molar-refractivity contribution in [2.75, 3.05) is 46.4 Å². The van der Waals surface area contributed by atoms with Crippen LogP contribution in [0.25, 0.3) is 0 Å². The number of hydrogen-bond donors (Lipinski definition) is 0. The molecular weight excluding hydrogens is 441 g/mol. The highest BCUT2D eigenvalue weighted by molar-refractivity contribution is 5.87. The number of rotatable bonds is 7. The van der Waals surface area contributed by atoms with Crippen molar-refractivity contribution in [3.05, 3.63) is 35.6 Å². The highest BCUT2D eigenvalue weighted by Gasteiger charge is 2.32. The number of benzene rings is 1. The van der Waals surface area contributed by atoms with E-state index in [0.717, 1.165) is 5.56 Å². The predicted molar refractivity (Wildman–Crippen MR) is 123 cm³/mol. The third kappa shape index (κ3) is 6.77. The number of hydrogen-bond acceptors (Lipinski definition) is 5. The summed E-state index contributed by atoms with van der Waals surface area (Å²) in [6, 6.07) is 5.84. The first-order valence-corrected chi connectivity index (χ1v) is 12.0. The van der Waals surface area contributed by atoms with Gasteiger partial charge >= 0.3 is 5.97 Å². The minimum atomic E-state index is -0.349. The van der Waals surface area contributed by atoms with Gasteiger partial charge in [0.15, 0.2) is 0 Å². The Labute approximate surface area is 200 Å². The summed E-state index contributed by atoms with van der Waals surface area (Å²) in [5.41, 5.74) is 0.731. The van der Waals surface area contributed by atoms with E-state index in [1.807, 2.05) is 0 Å². The molecule has 1 unspecified atom stereocenters. The summed E-state index contributed by atoms with van der Waals surface area (Å²) in [5, 5.41) is 0. The Morgan fingerprint density at radius 2 is 1.65 bits per heavy atom. The van der Waals surface area contributed by atoms with Crippen LogP contribution in [0.1, 0.15) is 38.2 Å². The number of ether oxygens (including phenoxy) is 1. The van der Waals surface area contributed by atoms with Gasteiger partial charge in [-0.1, -0.05) is 12.1 Å². The van der Waals surface area contributed by atoms with Gasteiger partial charge in [-0.3, -0.25) is 19.2 Å².